The molecule has 0 aliphatic carbocycles. The Morgan fingerprint density at radius 2 is 1.67 bits per heavy atom. The van der Waals surface area contributed by atoms with Crippen molar-refractivity contribution in [1.29, 1.82) is 0 Å². The third-order valence-electron chi connectivity index (χ3n) is 3.27. The van der Waals surface area contributed by atoms with Gasteiger partial charge in [0.05, 0.1) is 16.9 Å². The van der Waals surface area contributed by atoms with Crippen molar-refractivity contribution in [2.45, 2.75) is 5.22 Å². The Bertz CT molecular complexity index is 980. The number of rotatable bonds is 5. The number of nitrogens with zero attached hydrogens (tertiary/aromatic N) is 2. The molecule has 0 aliphatic heterocycles. The predicted octanol–water partition coefficient (Wildman–Crippen LogP) is 2.57. The van der Waals surface area contributed by atoms with Crippen LogP contribution in [-0.2, 0) is 4.79 Å². The predicted molar refractivity (Wildman–Crippen MR) is 92.4 cm³/mol. The van der Waals surface area contributed by atoms with E-state index in [1.165, 1.54) is 36.4 Å². The van der Waals surface area contributed by atoms with E-state index in [4.69, 9.17) is 4.42 Å². The molecular formula is C17H12F2N4O3S. The average Bonchev–Trinajstić information content (AvgIpc) is 3.14. The Balaban J connectivity index is 1.51. The van der Waals surface area contributed by atoms with Crippen molar-refractivity contribution in [3.8, 4) is 11.5 Å². The summed E-state index contributed by atoms with van der Waals surface area (Å²) in [4.78, 5) is 23.6. The van der Waals surface area contributed by atoms with Gasteiger partial charge in [0.2, 0.25) is 5.91 Å². The van der Waals surface area contributed by atoms with E-state index in [9.17, 15) is 18.4 Å². The van der Waals surface area contributed by atoms with Gasteiger partial charge in [0, 0.05) is 0 Å². The molecule has 2 N–H and O–H groups in total. The van der Waals surface area contributed by atoms with E-state index in [0.717, 1.165) is 17.8 Å². The van der Waals surface area contributed by atoms with Crippen LogP contribution in [0.1, 0.15) is 10.4 Å². The molecule has 0 fully saturated rings. The van der Waals surface area contributed by atoms with E-state index in [-0.39, 0.29) is 28.0 Å². The maximum absolute atomic E-state index is 13.7. The molecule has 0 atom stereocenters. The lowest BCUT2D eigenvalue weighted by atomic mass is 10.2. The van der Waals surface area contributed by atoms with Gasteiger partial charge < -0.3 is 4.42 Å². The first-order chi connectivity index (χ1) is 13.0. The molecule has 3 aromatic rings. The number of carbonyl (C=O) groups is 2. The lowest BCUT2D eigenvalue weighted by molar-refractivity contribution is -0.119. The molecular weight excluding hydrogens is 378 g/mol. The molecule has 0 saturated heterocycles. The topological polar surface area (TPSA) is 97.1 Å². The molecule has 7 nitrogen and oxygen atoms in total. The highest BCUT2D eigenvalue weighted by Gasteiger charge is 2.15. The molecule has 0 aliphatic rings. The fourth-order valence-electron chi connectivity index (χ4n) is 2.01. The highest BCUT2D eigenvalue weighted by Crippen LogP contribution is 2.24. The molecule has 0 saturated carbocycles. The maximum Gasteiger partial charge on any atom is 0.277 e. The molecule has 1 heterocycles. The quantitative estimate of drug-likeness (QED) is 0.513. The van der Waals surface area contributed by atoms with Gasteiger partial charge in [-0.2, -0.15) is 0 Å². The third kappa shape index (κ3) is 4.67. The van der Waals surface area contributed by atoms with Crippen molar-refractivity contribution in [3.63, 3.8) is 0 Å². The number of hydrogen-bond acceptors (Lipinski definition) is 6. The monoisotopic (exact) mass is 390 g/mol. The summed E-state index contributed by atoms with van der Waals surface area (Å²) in [7, 11) is 0. The molecule has 0 radical (unpaired) electrons. The zero-order chi connectivity index (χ0) is 19.2. The minimum Gasteiger partial charge on any atom is -0.411 e. The molecule has 0 bridgehead atoms. The van der Waals surface area contributed by atoms with Crippen LogP contribution in [0, 0.1) is 11.6 Å². The summed E-state index contributed by atoms with van der Waals surface area (Å²) >= 11 is 0.900. The Hall–Kier alpha value is -3.27. The van der Waals surface area contributed by atoms with E-state index in [1.807, 2.05) is 0 Å². The summed E-state index contributed by atoms with van der Waals surface area (Å²) in [5, 5.41) is 7.51. The first-order valence-corrected chi connectivity index (χ1v) is 8.58. The van der Waals surface area contributed by atoms with E-state index < -0.39 is 23.4 Å². The van der Waals surface area contributed by atoms with Crippen molar-refractivity contribution in [2.24, 2.45) is 0 Å². The van der Waals surface area contributed by atoms with Gasteiger partial charge in [-0.3, -0.25) is 20.4 Å². The number of nitrogens with one attached hydrogen (secondary N) is 2. The molecule has 2 aromatic carbocycles. The number of aromatic nitrogens is 2. The summed E-state index contributed by atoms with van der Waals surface area (Å²) < 4.78 is 32.4. The highest BCUT2D eigenvalue weighted by molar-refractivity contribution is 7.99. The van der Waals surface area contributed by atoms with Crippen molar-refractivity contribution < 1.29 is 22.8 Å². The summed E-state index contributed by atoms with van der Waals surface area (Å²) in [6.07, 6.45) is 0. The van der Waals surface area contributed by atoms with Crippen LogP contribution in [0.15, 0.2) is 58.2 Å². The van der Waals surface area contributed by atoms with Crippen molar-refractivity contribution >= 4 is 23.6 Å². The summed E-state index contributed by atoms with van der Waals surface area (Å²) in [5.41, 5.74) is 4.21. The summed E-state index contributed by atoms with van der Waals surface area (Å²) in [6.45, 7) is 0. The van der Waals surface area contributed by atoms with Crippen molar-refractivity contribution in [3.05, 3.63) is 65.7 Å². The summed E-state index contributed by atoms with van der Waals surface area (Å²) in [6, 6.07) is 11.3. The van der Waals surface area contributed by atoms with Gasteiger partial charge in [-0.05, 0) is 24.3 Å². The third-order valence-corrected chi connectivity index (χ3v) is 4.09. The zero-order valence-corrected chi connectivity index (χ0v) is 14.4. The Morgan fingerprint density at radius 3 is 2.41 bits per heavy atom. The van der Waals surface area contributed by atoms with Crippen LogP contribution in [0.2, 0.25) is 0 Å². The van der Waals surface area contributed by atoms with Crippen LogP contribution < -0.4 is 10.9 Å². The maximum atomic E-state index is 13.7. The molecule has 10 heteroatoms. The molecule has 27 heavy (non-hydrogen) atoms. The second kappa shape index (κ2) is 8.41. The Morgan fingerprint density at radius 1 is 0.963 bits per heavy atom. The van der Waals surface area contributed by atoms with Crippen LogP contribution in [0.4, 0.5) is 8.78 Å². The second-order valence-electron chi connectivity index (χ2n) is 5.12. The van der Waals surface area contributed by atoms with Crippen LogP contribution in [0.25, 0.3) is 11.5 Å². The molecule has 1 aromatic heterocycles. The fourth-order valence-corrected chi connectivity index (χ4v) is 2.58. The fraction of sp³-hybridized carbons (Fsp3) is 0.0588. The number of carbonyl (C=O) groups excluding carboxylic acids is 2. The molecule has 138 valence electrons. The smallest absolute Gasteiger partial charge is 0.277 e. The van der Waals surface area contributed by atoms with Gasteiger partial charge in [0.25, 0.3) is 17.0 Å². The Kier molecular flexibility index (Phi) is 5.77. The first kappa shape index (κ1) is 18.5. The minimum atomic E-state index is -0.786. The average molecular weight is 390 g/mol. The normalized spacial score (nSPS) is 10.4. The molecule has 0 spiro atoms. The number of amides is 2. The first-order valence-electron chi connectivity index (χ1n) is 7.59. The zero-order valence-electron chi connectivity index (χ0n) is 13.6. The van der Waals surface area contributed by atoms with Crippen LogP contribution in [0.3, 0.4) is 0 Å². The van der Waals surface area contributed by atoms with E-state index in [2.05, 4.69) is 21.0 Å². The van der Waals surface area contributed by atoms with Crippen LogP contribution in [0.5, 0.6) is 0 Å². The number of benzene rings is 2. The molecule has 0 unspecified atom stereocenters. The van der Waals surface area contributed by atoms with Crippen molar-refractivity contribution in [2.75, 3.05) is 5.75 Å². The van der Waals surface area contributed by atoms with Gasteiger partial charge >= 0.3 is 0 Å². The van der Waals surface area contributed by atoms with Gasteiger partial charge in [-0.1, -0.05) is 36.0 Å². The Labute approximate surface area is 156 Å². The molecule has 3 rings (SSSR count). The second-order valence-corrected chi connectivity index (χ2v) is 6.05. The van der Waals surface area contributed by atoms with Gasteiger partial charge in [-0.25, -0.2) is 8.78 Å². The van der Waals surface area contributed by atoms with Crippen molar-refractivity contribution in [1.82, 2.24) is 21.0 Å². The number of thioether (sulfide) groups is 1. The SMILES string of the molecule is O=C(CSc1nnc(-c2ccccc2F)o1)NNC(=O)c1ccccc1F. The largest absolute Gasteiger partial charge is 0.411 e. The minimum absolute atomic E-state index is 0.0103. The van der Waals surface area contributed by atoms with Gasteiger partial charge in [-0.15, -0.1) is 10.2 Å². The van der Waals surface area contributed by atoms with Crippen LogP contribution in [-0.4, -0.2) is 27.8 Å². The van der Waals surface area contributed by atoms with E-state index in [1.54, 1.807) is 6.07 Å². The van der Waals surface area contributed by atoms with Gasteiger partial charge in [0.1, 0.15) is 11.6 Å². The summed E-state index contributed by atoms with van der Waals surface area (Å²) in [5.74, 6) is -2.74. The van der Waals surface area contributed by atoms with Crippen LogP contribution >= 0.6 is 11.8 Å². The standard InChI is InChI=1S/C17H12F2N4O3S/c18-12-7-3-1-5-10(12)15(25)21-20-14(24)9-27-17-23-22-16(26-17)11-6-2-4-8-13(11)19/h1-8H,9H2,(H,20,24)(H,21,25). The highest BCUT2D eigenvalue weighted by atomic mass is 32.2. The molecule has 2 amide bonds. The number of halogens is 2. The lowest BCUT2D eigenvalue weighted by Crippen LogP contribution is -2.42. The number of hydrazine groups is 1. The van der Waals surface area contributed by atoms with E-state index in [0.29, 0.717) is 0 Å². The van der Waals surface area contributed by atoms with E-state index >= 15 is 0 Å². The van der Waals surface area contributed by atoms with Gasteiger partial charge in [0.15, 0.2) is 0 Å². The lowest BCUT2D eigenvalue weighted by Gasteiger charge is -2.07. The number of hydrogen-bond donors (Lipinski definition) is 2.